The number of benzene rings is 4. The third-order valence-corrected chi connectivity index (χ3v) is 9.72. The van der Waals surface area contributed by atoms with Gasteiger partial charge in [0, 0.05) is 15.8 Å². The molecule has 0 bridgehead atoms. The average Bonchev–Trinajstić information content (AvgIpc) is 2.94. The minimum Gasteiger partial charge on any atom is -0.476 e. The van der Waals surface area contributed by atoms with E-state index in [2.05, 4.69) is 26.0 Å². The van der Waals surface area contributed by atoms with E-state index >= 15 is 0 Å². The fourth-order valence-electron chi connectivity index (χ4n) is 4.14. The first-order chi connectivity index (χ1) is 19.1. The summed E-state index contributed by atoms with van der Waals surface area (Å²) in [4.78, 5) is 13.2. The molecule has 0 saturated heterocycles. The molecular formula is C28H24BrN3O6S2. The van der Waals surface area contributed by atoms with Gasteiger partial charge in [0.1, 0.15) is 5.75 Å². The van der Waals surface area contributed by atoms with Crippen LogP contribution in [0.4, 0.5) is 17.1 Å². The Labute approximate surface area is 241 Å². The molecule has 1 aliphatic heterocycles. The number of halogens is 1. The molecule has 2 N–H and O–H groups in total. The molecule has 5 rings (SSSR count). The number of carbonyl (C=O) groups excluding carboxylic acids is 1. The van der Waals surface area contributed by atoms with Crippen LogP contribution in [-0.4, -0.2) is 35.4 Å². The molecule has 0 fully saturated rings. The number of ether oxygens (including phenoxy) is 1. The molecule has 0 spiro atoms. The van der Waals surface area contributed by atoms with Gasteiger partial charge in [0.15, 0.2) is 6.10 Å². The van der Waals surface area contributed by atoms with E-state index in [4.69, 9.17) is 4.74 Å². The van der Waals surface area contributed by atoms with Crippen LogP contribution in [0, 0.1) is 0 Å². The van der Waals surface area contributed by atoms with Crippen LogP contribution in [-0.2, 0) is 30.6 Å². The molecule has 40 heavy (non-hydrogen) atoms. The van der Waals surface area contributed by atoms with Crippen molar-refractivity contribution in [2.45, 2.75) is 16.8 Å². The van der Waals surface area contributed by atoms with Crippen molar-refractivity contribution in [2.75, 3.05) is 20.9 Å². The van der Waals surface area contributed by atoms with Gasteiger partial charge in [-0.2, -0.15) is 0 Å². The summed E-state index contributed by atoms with van der Waals surface area (Å²) in [5.41, 5.74) is 1.71. The maximum absolute atomic E-state index is 13.4. The zero-order chi connectivity index (χ0) is 28.3. The Kier molecular flexibility index (Phi) is 7.83. The lowest BCUT2D eigenvalue weighted by molar-refractivity contribution is -0.122. The van der Waals surface area contributed by atoms with Crippen molar-refractivity contribution in [3.63, 3.8) is 0 Å². The van der Waals surface area contributed by atoms with E-state index < -0.39 is 32.1 Å². The first-order valence-corrected chi connectivity index (χ1v) is 16.0. The van der Waals surface area contributed by atoms with Crippen LogP contribution in [0.15, 0.2) is 112 Å². The van der Waals surface area contributed by atoms with E-state index in [0.717, 1.165) is 4.47 Å². The van der Waals surface area contributed by atoms with Crippen LogP contribution in [0.3, 0.4) is 0 Å². The van der Waals surface area contributed by atoms with Gasteiger partial charge in [-0.3, -0.25) is 13.8 Å². The number of nitrogens with zero attached hydrogens (tertiary/aromatic N) is 1. The summed E-state index contributed by atoms with van der Waals surface area (Å²) in [7, 11) is -7.69. The third kappa shape index (κ3) is 6.30. The summed E-state index contributed by atoms with van der Waals surface area (Å²) < 4.78 is 62.7. The van der Waals surface area contributed by atoms with Crippen LogP contribution in [0.1, 0.15) is 5.56 Å². The molecule has 0 unspecified atom stereocenters. The SMILES string of the molecule is O=C(Nc1ccc(S(=O)(=O)Nc2ccc(Br)cc2)cc1)[C@H]1CN(S(=O)(=O)Cc2ccccc2)c2ccccc2O1. The number of fused-ring (bicyclic) bond motifs is 1. The lowest BCUT2D eigenvalue weighted by Gasteiger charge is -2.34. The number of hydrogen-bond acceptors (Lipinski definition) is 6. The first-order valence-electron chi connectivity index (χ1n) is 12.1. The minimum atomic E-state index is -3.85. The van der Waals surface area contributed by atoms with E-state index in [1.165, 1.54) is 28.6 Å². The molecule has 0 saturated carbocycles. The fourth-order valence-corrected chi connectivity index (χ4v) is 7.04. The minimum absolute atomic E-state index is 0.00874. The van der Waals surface area contributed by atoms with E-state index in [0.29, 0.717) is 22.6 Å². The number of sulfonamides is 2. The summed E-state index contributed by atoms with van der Waals surface area (Å²) >= 11 is 3.31. The predicted molar refractivity (Wildman–Crippen MR) is 157 cm³/mol. The Hall–Kier alpha value is -3.87. The van der Waals surface area contributed by atoms with Crippen LogP contribution < -0.4 is 19.1 Å². The first kappa shape index (κ1) is 27.7. The standard InChI is InChI=1S/C28H24BrN3O6S2/c29-21-10-12-23(13-11-21)31-40(36,37)24-16-14-22(15-17-24)30-28(33)27-18-32(25-8-4-5-9-26(25)38-27)39(34,35)19-20-6-2-1-3-7-20/h1-17,27,31H,18-19H2,(H,30,33)/t27-/m1/s1. The average molecular weight is 643 g/mol. The Morgan fingerprint density at radius 2 is 1.45 bits per heavy atom. The van der Waals surface area contributed by atoms with Crippen molar-refractivity contribution < 1.29 is 26.4 Å². The summed E-state index contributed by atoms with van der Waals surface area (Å²) in [6.45, 7) is -0.221. The second kappa shape index (κ2) is 11.3. The Morgan fingerprint density at radius 3 is 2.15 bits per heavy atom. The Bertz CT molecular complexity index is 1730. The number of para-hydroxylation sites is 2. The largest absolute Gasteiger partial charge is 0.476 e. The van der Waals surface area contributed by atoms with Crippen molar-refractivity contribution in [2.24, 2.45) is 0 Å². The molecule has 1 aliphatic rings. The third-order valence-electron chi connectivity index (χ3n) is 6.08. The van der Waals surface area contributed by atoms with E-state index in [-0.39, 0.29) is 22.9 Å². The van der Waals surface area contributed by atoms with Gasteiger partial charge in [0.2, 0.25) is 10.0 Å². The molecule has 1 amide bonds. The molecule has 0 radical (unpaired) electrons. The van der Waals surface area contributed by atoms with Gasteiger partial charge in [-0.15, -0.1) is 0 Å². The summed E-state index contributed by atoms with van der Waals surface area (Å²) in [5, 5.41) is 2.69. The maximum Gasteiger partial charge on any atom is 0.267 e. The van der Waals surface area contributed by atoms with Crippen LogP contribution >= 0.6 is 15.9 Å². The van der Waals surface area contributed by atoms with Crippen LogP contribution in [0.25, 0.3) is 0 Å². The van der Waals surface area contributed by atoms with E-state index in [1.54, 1.807) is 72.8 Å². The highest BCUT2D eigenvalue weighted by molar-refractivity contribution is 9.10. The molecule has 1 heterocycles. The number of nitrogens with one attached hydrogen (secondary N) is 2. The second-order valence-corrected chi connectivity index (χ2v) is 13.5. The van der Waals surface area contributed by atoms with Crippen molar-refractivity contribution in [3.8, 4) is 5.75 Å². The fraction of sp³-hybridized carbons (Fsp3) is 0.107. The van der Waals surface area contributed by atoms with Gasteiger partial charge in [0.05, 0.1) is 22.9 Å². The van der Waals surface area contributed by atoms with Crippen LogP contribution in [0.2, 0.25) is 0 Å². The van der Waals surface area contributed by atoms with Gasteiger partial charge < -0.3 is 10.1 Å². The number of hydrogen-bond donors (Lipinski definition) is 2. The number of amides is 1. The van der Waals surface area contributed by atoms with Crippen molar-refractivity contribution in [1.82, 2.24) is 0 Å². The summed E-state index contributed by atoms with van der Waals surface area (Å²) in [5.74, 6) is -0.537. The molecule has 4 aromatic carbocycles. The number of carbonyl (C=O) groups is 1. The highest BCUT2D eigenvalue weighted by atomic mass is 79.9. The van der Waals surface area contributed by atoms with Crippen molar-refractivity contribution in [3.05, 3.63) is 113 Å². The molecule has 4 aromatic rings. The van der Waals surface area contributed by atoms with Gasteiger partial charge in [0.25, 0.3) is 15.9 Å². The number of rotatable bonds is 8. The van der Waals surface area contributed by atoms with Gasteiger partial charge >= 0.3 is 0 Å². The smallest absolute Gasteiger partial charge is 0.267 e. The summed E-state index contributed by atoms with van der Waals surface area (Å²) in [6, 6.07) is 27.8. The lowest BCUT2D eigenvalue weighted by Crippen LogP contribution is -2.49. The zero-order valence-corrected chi connectivity index (χ0v) is 24.1. The molecule has 12 heteroatoms. The normalized spacial score (nSPS) is 15.0. The van der Waals surface area contributed by atoms with Crippen molar-refractivity contribution in [1.29, 1.82) is 0 Å². The van der Waals surface area contributed by atoms with E-state index in [9.17, 15) is 21.6 Å². The molecular weight excluding hydrogens is 618 g/mol. The second-order valence-electron chi connectivity index (χ2n) is 8.97. The molecule has 206 valence electrons. The lowest BCUT2D eigenvalue weighted by atomic mass is 10.2. The molecule has 1 atom stereocenters. The molecule has 0 aliphatic carbocycles. The monoisotopic (exact) mass is 641 g/mol. The summed E-state index contributed by atoms with van der Waals surface area (Å²) in [6.07, 6.45) is -1.14. The highest BCUT2D eigenvalue weighted by Gasteiger charge is 2.36. The number of anilines is 3. The predicted octanol–water partition coefficient (Wildman–Crippen LogP) is 4.99. The zero-order valence-electron chi connectivity index (χ0n) is 20.9. The molecule has 0 aromatic heterocycles. The highest BCUT2D eigenvalue weighted by Crippen LogP contribution is 2.36. The van der Waals surface area contributed by atoms with Gasteiger partial charge in [-0.25, -0.2) is 16.8 Å². The van der Waals surface area contributed by atoms with Gasteiger partial charge in [-0.05, 0) is 66.2 Å². The maximum atomic E-state index is 13.4. The Balaban J connectivity index is 1.31. The van der Waals surface area contributed by atoms with E-state index in [1.807, 2.05) is 6.07 Å². The Morgan fingerprint density at radius 1 is 0.825 bits per heavy atom. The molecule has 9 nitrogen and oxygen atoms in total. The topological polar surface area (TPSA) is 122 Å². The quantitative estimate of drug-likeness (QED) is 0.280. The van der Waals surface area contributed by atoms with Gasteiger partial charge in [-0.1, -0.05) is 58.4 Å². The van der Waals surface area contributed by atoms with Crippen LogP contribution in [0.5, 0.6) is 5.75 Å². The van der Waals surface area contributed by atoms with Crippen molar-refractivity contribution >= 4 is 58.9 Å².